The van der Waals surface area contributed by atoms with Crippen molar-refractivity contribution in [2.45, 2.75) is 46.1 Å². The average Bonchev–Trinajstić information content (AvgIpc) is 3.00. The van der Waals surface area contributed by atoms with E-state index in [1.807, 2.05) is 6.92 Å². The summed E-state index contributed by atoms with van der Waals surface area (Å²) in [4.78, 5) is 14.1. The van der Waals surface area contributed by atoms with E-state index in [0.29, 0.717) is 18.5 Å². The van der Waals surface area contributed by atoms with Crippen LogP contribution >= 0.6 is 12.4 Å². The zero-order valence-electron chi connectivity index (χ0n) is 10.6. The van der Waals surface area contributed by atoms with E-state index in [9.17, 15) is 4.79 Å². The van der Waals surface area contributed by atoms with Crippen LogP contribution in [0.3, 0.4) is 0 Å². The molecule has 1 fully saturated rings. The lowest BCUT2D eigenvalue weighted by Gasteiger charge is -2.26. The van der Waals surface area contributed by atoms with Gasteiger partial charge in [-0.1, -0.05) is 20.8 Å². The molecule has 0 bridgehead atoms. The van der Waals surface area contributed by atoms with Crippen LogP contribution in [0.2, 0.25) is 0 Å². The van der Waals surface area contributed by atoms with Crippen LogP contribution in [0, 0.1) is 11.8 Å². The van der Waals surface area contributed by atoms with E-state index in [2.05, 4.69) is 18.7 Å². The van der Waals surface area contributed by atoms with Crippen molar-refractivity contribution in [2.75, 3.05) is 13.1 Å². The second-order valence-electron chi connectivity index (χ2n) is 5.08. The van der Waals surface area contributed by atoms with Crippen LogP contribution in [0.1, 0.15) is 40.0 Å². The van der Waals surface area contributed by atoms with Gasteiger partial charge in [-0.25, -0.2) is 0 Å². The lowest BCUT2D eigenvalue weighted by Crippen LogP contribution is -2.40. The molecule has 16 heavy (non-hydrogen) atoms. The first-order valence-corrected chi connectivity index (χ1v) is 6.06. The maximum atomic E-state index is 12.0. The van der Waals surface area contributed by atoms with Gasteiger partial charge in [0.05, 0.1) is 0 Å². The summed E-state index contributed by atoms with van der Waals surface area (Å²) in [5, 5.41) is 0. The number of carbonyl (C=O) groups excluding carboxylic acids is 1. The number of hydrogen-bond acceptors (Lipinski definition) is 2. The van der Waals surface area contributed by atoms with Crippen LogP contribution in [-0.4, -0.2) is 29.9 Å². The molecule has 3 nitrogen and oxygen atoms in total. The minimum Gasteiger partial charge on any atom is -0.339 e. The summed E-state index contributed by atoms with van der Waals surface area (Å²) in [7, 11) is 0. The first kappa shape index (κ1) is 15.7. The molecule has 0 aromatic heterocycles. The number of amides is 1. The lowest BCUT2D eigenvalue weighted by molar-refractivity contribution is -0.135. The second kappa shape index (κ2) is 7.13. The van der Waals surface area contributed by atoms with Gasteiger partial charge in [0.25, 0.3) is 0 Å². The predicted molar refractivity (Wildman–Crippen MR) is 69.7 cm³/mol. The molecule has 4 heteroatoms. The second-order valence-corrected chi connectivity index (χ2v) is 5.08. The molecule has 0 aliphatic heterocycles. The normalized spacial score (nSPS) is 16.8. The summed E-state index contributed by atoms with van der Waals surface area (Å²) >= 11 is 0. The molecule has 0 spiro atoms. The molecule has 1 unspecified atom stereocenters. The summed E-state index contributed by atoms with van der Waals surface area (Å²) < 4.78 is 0. The van der Waals surface area contributed by atoms with Gasteiger partial charge in [-0.05, 0) is 25.2 Å². The molecule has 1 aliphatic carbocycles. The molecule has 96 valence electrons. The van der Waals surface area contributed by atoms with Crippen molar-refractivity contribution in [2.24, 2.45) is 17.6 Å². The molecule has 0 aromatic carbocycles. The Bertz CT molecular complexity index is 217. The Labute approximate surface area is 105 Å². The van der Waals surface area contributed by atoms with Crippen molar-refractivity contribution in [1.82, 2.24) is 4.90 Å². The van der Waals surface area contributed by atoms with Crippen LogP contribution in [0.5, 0.6) is 0 Å². The zero-order chi connectivity index (χ0) is 11.4. The summed E-state index contributed by atoms with van der Waals surface area (Å²) in [6.07, 6.45) is 3.46. The molecular weight excluding hydrogens is 224 g/mol. The highest BCUT2D eigenvalue weighted by Gasteiger charge is 2.33. The first-order chi connectivity index (χ1) is 7.06. The molecule has 1 atom stereocenters. The molecular formula is C12H25ClN2O. The summed E-state index contributed by atoms with van der Waals surface area (Å²) in [5.74, 6) is 0.894. The average molecular weight is 249 g/mol. The van der Waals surface area contributed by atoms with Crippen LogP contribution in [0.15, 0.2) is 0 Å². The highest BCUT2D eigenvalue weighted by molar-refractivity contribution is 5.85. The van der Waals surface area contributed by atoms with Crippen molar-refractivity contribution in [3.05, 3.63) is 0 Å². The van der Waals surface area contributed by atoms with E-state index in [-0.39, 0.29) is 24.2 Å². The quantitative estimate of drug-likeness (QED) is 0.782. The van der Waals surface area contributed by atoms with Gasteiger partial charge in [-0.15, -0.1) is 12.4 Å². The largest absolute Gasteiger partial charge is 0.339 e. The third-order valence-electron chi connectivity index (χ3n) is 2.99. The maximum Gasteiger partial charge on any atom is 0.226 e. The first-order valence-electron chi connectivity index (χ1n) is 6.06. The molecule has 0 aromatic rings. The van der Waals surface area contributed by atoms with Crippen LogP contribution < -0.4 is 5.73 Å². The Hall–Kier alpha value is -0.280. The van der Waals surface area contributed by atoms with Crippen molar-refractivity contribution in [3.63, 3.8) is 0 Å². The Kier molecular flexibility index (Phi) is 7.00. The zero-order valence-corrected chi connectivity index (χ0v) is 11.4. The van der Waals surface area contributed by atoms with Gasteiger partial charge in [0, 0.05) is 25.0 Å². The highest BCUT2D eigenvalue weighted by Crippen LogP contribution is 2.28. The minimum absolute atomic E-state index is 0. The molecule has 2 N–H and O–H groups in total. The van der Waals surface area contributed by atoms with Crippen LogP contribution in [0.4, 0.5) is 0 Å². The van der Waals surface area contributed by atoms with Crippen LogP contribution in [-0.2, 0) is 4.79 Å². The van der Waals surface area contributed by atoms with Gasteiger partial charge < -0.3 is 10.6 Å². The SMILES string of the molecule is CC(C)CCN(C(=O)C(C)CN)C1CC1.Cl. The fraction of sp³-hybridized carbons (Fsp3) is 0.917. The lowest BCUT2D eigenvalue weighted by atomic mass is 10.1. The standard InChI is InChI=1S/C12H24N2O.ClH/c1-9(2)6-7-14(11-4-5-11)12(15)10(3)8-13;/h9-11H,4-8,13H2,1-3H3;1H. The van der Waals surface area contributed by atoms with E-state index in [1.54, 1.807) is 0 Å². The maximum absolute atomic E-state index is 12.0. The monoisotopic (exact) mass is 248 g/mol. The number of hydrogen-bond donors (Lipinski definition) is 1. The van der Waals surface area contributed by atoms with Gasteiger partial charge in [0.1, 0.15) is 0 Å². The van der Waals surface area contributed by atoms with Crippen molar-refractivity contribution in [1.29, 1.82) is 0 Å². The van der Waals surface area contributed by atoms with E-state index < -0.39 is 0 Å². The van der Waals surface area contributed by atoms with Gasteiger partial charge in [-0.2, -0.15) is 0 Å². The third-order valence-corrected chi connectivity index (χ3v) is 2.99. The summed E-state index contributed by atoms with van der Waals surface area (Å²) in [6.45, 7) is 7.69. The van der Waals surface area contributed by atoms with Crippen molar-refractivity contribution in [3.8, 4) is 0 Å². The van der Waals surface area contributed by atoms with E-state index in [4.69, 9.17) is 5.73 Å². The van der Waals surface area contributed by atoms with Gasteiger partial charge in [0.2, 0.25) is 5.91 Å². The smallest absolute Gasteiger partial charge is 0.226 e. The molecule has 0 heterocycles. The Morgan fingerprint density at radius 2 is 1.94 bits per heavy atom. The molecule has 1 amide bonds. The molecule has 0 saturated heterocycles. The number of halogens is 1. The number of rotatable bonds is 6. The summed E-state index contributed by atoms with van der Waals surface area (Å²) in [5.41, 5.74) is 5.54. The fourth-order valence-corrected chi connectivity index (χ4v) is 1.64. The van der Waals surface area contributed by atoms with Gasteiger partial charge >= 0.3 is 0 Å². The van der Waals surface area contributed by atoms with E-state index >= 15 is 0 Å². The summed E-state index contributed by atoms with van der Waals surface area (Å²) in [6, 6.07) is 0.519. The molecule has 1 rings (SSSR count). The van der Waals surface area contributed by atoms with E-state index in [1.165, 1.54) is 12.8 Å². The Balaban J connectivity index is 0.00000225. The fourth-order valence-electron chi connectivity index (χ4n) is 1.64. The number of carbonyl (C=O) groups is 1. The van der Waals surface area contributed by atoms with Crippen molar-refractivity contribution < 1.29 is 4.79 Å². The molecule has 0 radical (unpaired) electrons. The van der Waals surface area contributed by atoms with Gasteiger partial charge in [0.15, 0.2) is 0 Å². The van der Waals surface area contributed by atoms with E-state index in [0.717, 1.165) is 13.0 Å². The Morgan fingerprint density at radius 3 is 2.31 bits per heavy atom. The molecule has 1 saturated carbocycles. The Morgan fingerprint density at radius 1 is 1.38 bits per heavy atom. The van der Waals surface area contributed by atoms with Crippen LogP contribution in [0.25, 0.3) is 0 Å². The topological polar surface area (TPSA) is 46.3 Å². The minimum atomic E-state index is -0.0160. The van der Waals surface area contributed by atoms with Gasteiger partial charge in [-0.3, -0.25) is 4.79 Å². The molecule has 1 aliphatic rings. The number of nitrogens with two attached hydrogens (primary N) is 1. The highest BCUT2D eigenvalue weighted by atomic mass is 35.5. The van der Waals surface area contributed by atoms with Crippen molar-refractivity contribution >= 4 is 18.3 Å². The number of nitrogens with zero attached hydrogens (tertiary/aromatic N) is 1. The third kappa shape index (κ3) is 4.71. The predicted octanol–water partition coefficient (Wildman–Crippen LogP) is 2.04.